The van der Waals surface area contributed by atoms with Crippen LogP contribution in [0, 0.1) is 18.0 Å². The molecule has 9 nitrogen and oxygen atoms in total. The number of aromatic nitrogens is 1. The number of nitrogens with zero attached hydrogens (tertiary/aromatic N) is 4. The Morgan fingerprint density at radius 3 is 2.71 bits per heavy atom. The first-order valence-electron chi connectivity index (χ1n) is 11.1. The van der Waals surface area contributed by atoms with E-state index in [2.05, 4.69) is 10.3 Å². The van der Waals surface area contributed by atoms with Crippen LogP contribution in [0.4, 0.5) is 0 Å². The van der Waals surface area contributed by atoms with E-state index in [1.165, 1.54) is 5.01 Å². The van der Waals surface area contributed by atoms with Gasteiger partial charge >= 0.3 is 5.97 Å². The van der Waals surface area contributed by atoms with Crippen molar-refractivity contribution in [2.45, 2.75) is 59.3 Å². The van der Waals surface area contributed by atoms with Crippen LogP contribution in [0.25, 0.3) is 0 Å². The molecule has 0 bridgehead atoms. The third-order valence-electron chi connectivity index (χ3n) is 5.80. The largest absolute Gasteiger partial charge is 0.569 e. The van der Waals surface area contributed by atoms with Gasteiger partial charge in [-0.1, -0.05) is 30.7 Å². The van der Waals surface area contributed by atoms with Crippen LogP contribution in [-0.4, -0.2) is 40.1 Å². The highest BCUT2D eigenvalue weighted by Gasteiger charge is 2.31. The van der Waals surface area contributed by atoms with E-state index in [1.807, 2.05) is 45.0 Å². The molecule has 184 valence electrons. The molecule has 1 aromatic heterocycles. The summed E-state index contributed by atoms with van der Waals surface area (Å²) in [5, 5.41) is 17.5. The van der Waals surface area contributed by atoms with E-state index in [4.69, 9.17) is 25.9 Å². The Kier molecular flexibility index (Phi) is 7.99. The molecule has 3 rings (SSSR count). The Morgan fingerprint density at radius 1 is 1.38 bits per heavy atom. The van der Waals surface area contributed by atoms with Gasteiger partial charge in [-0.3, -0.25) is 9.78 Å². The van der Waals surface area contributed by atoms with Crippen molar-refractivity contribution in [1.29, 1.82) is 0 Å². The van der Waals surface area contributed by atoms with Gasteiger partial charge in [0.2, 0.25) is 5.28 Å². The second kappa shape index (κ2) is 10.6. The van der Waals surface area contributed by atoms with Gasteiger partial charge in [-0.2, -0.15) is 0 Å². The quantitative estimate of drug-likeness (QED) is 0.166. The first-order chi connectivity index (χ1) is 16.0. The zero-order valence-corrected chi connectivity index (χ0v) is 21.1. The fourth-order valence-corrected chi connectivity index (χ4v) is 3.41. The van der Waals surface area contributed by atoms with E-state index in [9.17, 15) is 10.0 Å². The molecule has 2 heterocycles. The summed E-state index contributed by atoms with van der Waals surface area (Å²) in [6.07, 6.45) is 1.79. The van der Waals surface area contributed by atoms with Gasteiger partial charge in [0.05, 0.1) is 35.8 Å². The molecule has 0 radical (unpaired) electrons. The number of hydrogen-bond donors (Lipinski definition) is 0. The average Bonchev–Trinajstić information content (AvgIpc) is 3.21. The van der Waals surface area contributed by atoms with Gasteiger partial charge in [0.15, 0.2) is 5.75 Å². The third kappa shape index (κ3) is 5.95. The summed E-state index contributed by atoms with van der Waals surface area (Å²) in [6, 6.07) is 7.43. The molecule has 1 unspecified atom stereocenters. The summed E-state index contributed by atoms with van der Waals surface area (Å²) < 4.78 is 11.7. The van der Waals surface area contributed by atoms with Crippen LogP contribution >= 0.6 is 11.6 Å². The van der Waals surface area contributed by atoms with Crippen molar-refractivity contribution >= 4 is 17.6 Å². The number of hydrogen-bond acceptors (Lipinski definition) is 7. The standard InChI is InChI=1S/C24H31ClN4O5/c1-15(11-12-33-27-29(31)28(6)24(3,4)5)23(30)34-21-16(2)26-13-19-20(21)14-32-22(19)17-7-9-18(25)10-8-17/h7-10,13,15,22H,11-12,14H2,1-6H3/b29-27-/t15?,22-/m0/s1. The number of rotatable bonds is 8. The Bertz CT molecular complexity index is 1050. The van der Waals surface area contributed by atoms with Gasteiger partial charge in [0.25, 0.3) is 0 Å². The van der Waals surface area contributed by atoms with E-state index in [-0.39, 0.29) is 12.7 Å². The zero-order chi connectivity index (χ0) is 25.0. The highest BCUT2D eigenvalue weighted by atomic mass is 35.5. The predicted molar refractivity (Wildman–Crippen MR) is 126 cm³/mol. The second-order valence-electron chi connectivity index (χ2n) is 9.32. The van der Waals surface area contributed by atoms with Crippen molar-refractivity contribution in [1.82, 2.24) is 9.99 Å². The predicted octanol–water partition coefficient (Wildman–Crippen LogP) is 5.13. The van der Waals surface area contributed by atoms with Crippen LogP contribution in [0.5, 0.6) is 5.75 Å². The smallest absolute Gasteiger partial charge is 0.314 e. The Balaban J connectivity index is 1.62. The zero-order valence-electron chi connectivity index (χ0n) is 20.4. The topological polar surface area (TPSA) is 99.3 Å². The Labute approximate surface area is 204 Å². The molecule has 0 aliphatic carbocycles. The Hall–Kier alpha value is -2.91. The van der Waals surface area contributed by atoms with E-state index < -0.39 is 17.4 Å². The molecule has 0 N–H and O–H groups in total. The van der Waals surface area contributed by atoms with Gasteiger partial charge in [0, 0.05) is 22.3 Å². The van der Waals surface area contributed by atoms with Crippen LogP contribution < -0.4 is 4.74 Å². The normalized spacial score (nSPS) is 16.7. The third-order valence-corrected chi connectivity index (χ3v) is 6.05. The van der Waals surface area contributed by atoms with Crippen LogP contribution in [-0.2, 0) is 21.0 Å². The molecule has 0 saturated heterocycles. The number of aryl methyl sites for hydroxylation is 1. The minimum Gasteiger partial charge on any atom is -0.569 e. The van der Waals surface area contributed by atoms with Gasteiger partial charge in [-0.05, 0) is 51.8 Å². The molecule has 34 heavy (non-hydrogen) atoms. The number of fused-ring (bicyclic) bond motifs is 1. The van der Waals surface area contributed by atoms with Gasteiger partial charge in [-0.15, -0.1) is 5.01 Å². The maximum absolute atomic E-state index is 12.7. The van der Waals surface area contributed by atoms with Crippen LogP contribution in [0.1, 0.15) is 62.6 Å². The number of pyridine rings is 1. The fourth-order valence-electron chi connectivity index (χ4n) is 3.28. The lowest BCUT2D eigenvalue weighted by Gasteiger charge is -2.26. The number of carbonyl (C=O) groups excluding carboxylic acids is 1. The first-order valence-corrected chi connectivity index (χ1v) is 11.5. The molecule has 10 heteroatoms. The highest BCUT2D eigenvalue weighted by molar-refractivity contribution is 6.30. The van der Waals surface area contributed by atoms with Crippen molar-refractivity contribution < 1.29 is 24.1 Å². The van der Waals surface area contributed by atoms with Crippen molar-refractivity contribution in [3.63, 3.8) is 0 Å². The number of carbonyl (C=O) groups is 1. The SMILES string of the molecule is Cc1ncc2c(c1OC(=O)C(C)CCO/N=[N+](\[O-])N(C)C(C)(C)C)CO[C@H]2c1ccc(Cl)cc1. The number of ether oxygens (including phenoxy) is 2. The summed E-state index contributed by atoms with van der Waals surface area (Å²) in [6.45, 7) is 9.58. The van der Waals surface area contributed by atoms with Crippen LogP contribution in [0.3, 0.4) is 0 Å². The van der Waals surface area contributed by atoms with Gasteiger partial charge in [-0.25, -0.2) is 0 Å². The number of benzene rings is 1. The fraction of sp³-hybridized carbons (Fsp3) is 0.500. The summed E-state index contributed by atoms with van der Waals surface area (Å²) >= 11 is 6.00. The molecule has 0 fully saturated rings. The second-order valence-corrected chi connectivity index (χ2v) is 9.76. The lowest BCUT2D eigenvalue weighted by atomic mass is 10.00. The lowest BCUT2D eigenvalue weighted by molar-refractivity contribution is -0.719. The number of hydrazine groups is 1. The van der Waals surface area contributed by atoms with E-state index >= 15 is 0 Å². The molecule has 0 spiro atoms. The van der Waals surface area contributed by atoms with Crippen molar-refractivity contribution in [2.75, 3.05) is 13.7 Å². The van der Waals surface area contributed by atoms with Crippen LogP contribution in [0.2, 0.25) is 5.02 Å². The van der Waals surface area contributed by atoms with E-state index in [0.717, 1.165) is 16.7 Å². The molecule has 1 aliphatic rings. The lowest BCUT2D eigenvalue weighted by Crippen LogP contribution is -2.42. The monoisotopic (exact) mass is 490 g/mol. The minimum atomic E-state index is -0.472. The molecule has 2 aromatic rings. The average molecular weight is 491 g/mol. The maximum Gasteiger partial charge on any atom is 0.314 e. The van der Waals surface area contributed by atoms with E-state index in [0.29, 0.717) is 34.5 Å². The maximum atomic E-state index is 12.7. The minimum absolute atomic E-state index is 0.0961. The summed E-state index contributed by atoms with van der Waals surface area (Å²) in [5.41, 5.74) is 2.84. The molecule has 2 atom stereocenters. The van der Waals surface area contributed by atoms with Gasteiger partial charge in [0.1, 0.15) is 12.7 Å². The molecule has 0 saturated carbocycles. The van der Waals surface area contributed by atoms with E-state index in [1.54, 1.807) is 27.1 Å². The Morgan fingerprint density at radius 2 is 2.06 bits per heavy atom. The first kappa shape index (κ1) is 25.7. The molecular weight excluding hydrogens is 460 g/mol. The summed E-state index contributed by atoms with van der Waals surface area (Å²) in [7, 11) is 1.62. The molecule has 1 aromatic carbocycles. The highest BCUT2D eigenvalue weighted by Crippen LogP contribution is 2.41. The van der Waals surface area contributed by atoms with Gasteiger partial charge < -0.3 is 19.5 Å². The summed E-state index contributed by atoms with van der Waals surface area (Å²) in [5.74, 6) is -0.461. The molecule has 1 aliphatic heterocycles. The van der Waals surface area contributed by atoms with Crippen LogP contribution in [0.15, 0.2) is 35.7 Å². The van der Waals surface area contributed by atoms with Crippen molar-refractivity contribution in [2.24, 2.45) is 11.2 Å². The van der Waals surface area contributed by atoms with Crippen molar-refractivity contribution in [3.8, 4) is 5.75 Å². The number of esters is 1. The molecular formula is C24H31ClN4O5. The number of halogens is 1. The van der Waals surface area contributed by atoms with Crippen molar-refractivity contribution in [3.05, 3.63) is 63.1 Å². The molecule has 0 amide bonds. The summed E-state index contributed by atoms with van der Waals surface area (Å²) in [4.78, 5) is 22.7.